The number of Topliss-reactive ketones (excluding diaryl/α,β-unsaturated/α-hetero) is 1. The Morgan fingerprint density at radius 3 is 2.38 bits per heavy atom. The number of carbonyl (C=O) groups excluding carboxylic acids is 1. The zero-order valence-electron chi connectivity index (χ0n) is 9.60. The van der Waals surface area contributed by atoms with Crippen molar-refractivity contribution in [1.29, 1.82) is 0 Å². The maximum absolute atomic E-state index is 11.6. The fourth-order valence-electron chi connectivity index (χ4n) is 3.32. The Bertz CT molecular complexity index is 413. The van der Waals surface area contributed by atoms with Gasteiger partial charge in [0.25, 0.3) is 0 Å². The molecule has 0 spiro atoms. The molecule has 16 heavy (non-hydrogen) atoms. The molecule has 0 aromatic carbocycles. The molecule has 2 heterocycles. The summed E-state index contributed by atoms with van der Waals surface area (Å²) in [6, 6.07) is -0.416. The van der Waals surface area contributed by atoms with Gasteiger partial charge in [-0.2, -0.15) is 0 Å². The molecule has 2 bridgehead atoms. The molecule has 92 valence electrons. The lowest BCUT2D eigenvalue weighted by atomic mass is 9.70. The van der Waals surface area contributed by atoms with Gasteiger partial charge in [0.2, 0.25) is 0 Å². The van der Waals surface area contributed by atoms with Crippen LogP contribution >= 0.6 is 0 Å². The van der Waals surface area contributed by atoms with Crippen molar-refractivity contribution in [1.82, 2.24) is 0 Å². The number of hydrogen-bond donors (Lipinski definition) is 2. The van der Waals surface area contributed by atoms with Gasteiger partial charge in [0.15, 0.2) is 0 Å². The van der Waals surface area contributed by atoms with E-state index in [0.29, 0.717) is 6.42 Å². The fraction of sp³-hybridized carbons (Fsp3) is 0.900. The van der Waals surface area contributed by atoms with Gasteiger partial charge in [0.1, 0.15) is 16.5 Å². The normalized spacial score (nSPS) is 51.2. The summed E-state index contributed by atoms with van der Waals surface area (Å²) in [4.78, 5) is 11.6. The van der Waals surface area contributed by atoms with E-state index in [0.717, 1.165) is 0 Å². The van der Waals surface area contributed by atoms with Crippen molar-refractivity contribution in [2.75, 3.05) is 0 Å². The molecule has 2 aliphatic rings. The molecule has 2 rings (SSSR count). The summed E-state index contributed by atoms with van der Waals surface area (Å²) in [5.74, 6) is -0.621. The molecule has 2 aliphatic heterocycles. The van der Waals surface area contributed by atoms with Crippen molar-refractivity contribution in [3.8, 4) is 0 Å². The Morgan fingerprint density at radius 1 is 1.44 bits per heavy atom. The summed E-state index contributed by atoms with van der Waals surface area (Å²) >= 11 is 0. The maximum Gasteiger partial charge on any atom is 0.145 e. The highest BCUT2D eigenvalue weighted by Crippen LogP contribution is 2.54. The van der Waals surface area contributed by atoms with E-state index >= 15 is 0 Å². The second kappa shape index (κ2) is 3.27. The van der Waals surface area contributed by atoms with Gasteiger partial charge in [-0.15, -0.1) is 0 Å². The Hall–Kier alpha value is -0.460. The second-order valence-corrected chi connectivity index (χ2v) is 6.41. The number of ketones is 1. The van der Waals surface area contributed by atoms with Crippen LogP contribution in [-0.4, -0.2) is 36.7 Å². The van der Waals surface area contributed by atoms with E-state index in [-0.39, 0.29) is 5.78 Å². The van der Waals surface area contributed by atoms with E-state index in [1.807, 2.05) is 0 Å². The third-order valence-corrected chi connectivity index (χ3v) is 5.29. The third-order valence-electron chi connectivity index (χ3n) is 4.09. The number of rotatable bonds is 2. The van der Waals surface area contributed by atoms with E-state index in [2.05, 4.69) is 0 Å². The van der Waals surface area contributed by atoms with Gasteiger partial charge in [0.05, 0.1) is 22.4 Å². The lowest BCUT2D eigenvalue weighted by Gasteiger charge is -2.35. The van der Waals surface area contributed by atoms with E-state index in [1.54, 1.807) is 13.8 Å². The van der Waals surface area contributed by atoms with E-state index in [9.17, 15) is 13.2 Å². The molecule has 5 unspecified atom stereocenters. The highest BCUT2D eigenvalue weighted by Gasteiger charge is 2.68. The zero-order valence-corrected chi connectivity index (χ0v) is 10.5. The topological polar surface area (TPSA) is 86.5 Å². The molecule has 0 radical (unpaired) electrons. The van der Waals surface area contributed by atoms with Crippen LogP contribution in [0.5, 0.6) is 0 Å². The molecule has 2 fully saturated rings. The SMILES string of the molecule is CC(=O)C1C(N)C2(C)CC([SH](=O)=O)C1(C)O2. The summed E-state index contributed by atoms with van der Waals surface area (Å²) < 4.78 is 28.2. The third kappa shape index (κ3) is 1.30. The molecule has 0 aliphatic carbocycles. The zero-order chi connectivity index (χ0) is 12.3. The van der Waals surface area contributed by atoms with E-state index in [4.69, 9.17) is 10.5 Å². The summed E-state index contributed by atoms with van der Waals surface area (Å²) in [7, 11) is -2.60. The summed E-state index contributed by atoms with van der Waals surface area (Å²) in [6.07, 6.45) is 0.382. The van der Waals surface area contributed by atoms with Gasteiger partial charge in [-0.3, -0.25) is 4.79 Å². The highest BCUT2D eigenvalue weighted by molar-refractivity contribution is 7.73. The molecule has 0 aromatic heterocycles. The molecule has 5 nitrogen and oxygen atoms in total. The molecule has 2 saturated heterocycles. The lowest BCUT2D eigenvalue weighted by molar-refractivity contribution is -0.125. The van der Waals surface area contributed by atoms with Crippen LogP contribution in [0.3, 0.4) is 0 Å². The molecule has 0 amide bonds. The summed E-state index contributed by atoms with van der Waals surface area (Å²) in [6.45, 7) is 4.92. The number of hydrogen-bond acceptors (Lipinski definition) is 5. The minimum Gasteiger partial charge on any atom is -0.365 e. The maximum atomic E-state index is 11.6. The first-order chi connectivity index (χ1) is 7.22. The summed E-state index contributed by atoms with van der Waals surface area (Å²) in [5, 5.41) is -0.610. The van der Waals surface area contributed by atoms with Crippen molar-refractivity contribution >= 4 is 16.5 Å². The van der Waals surface area contributed by atoms with Crippen molar-refractivity contribution in [3.05, 3.63) is 0 Å². The van der Waals surface area contributed by atoms with Gasteiger partial charge in [-0.25, -0.2) is 8.42 Å². The van der Waals surface area contributed by atoms with Crippen LogP contribution in [0.4, 0.5) is 0 Å². The Labute approximate surface area is 96.3 Å². The predicted molar refractivity (Wildman–Crippen MR) is 58.8 cm³/mol. The van der Waals surface area contributed by atoms with Crippen LogP contribution in [0.25, 0.3) is 0 Å². The number of thiol groups is 1. The van der Waals surface area contributed by atoms with Gasteiger partial charge in [-0.05, 0) is 27.2 Å². The van der Waals surface area contributed by atoms with Crippen LogP contribution in [0.15, 0.2) is 0 Å². The fourth-order valence-corrected chi connectivity index (χ4v) is 4.47. The standard InChI is InChI=1S/C10H17NO4S/c1-5(12)7-8(11)9(2)4-6(16(13)14)10(7,3)15-9/h6-8,16H,4,11H2,1-3H3. The monoisotopic (exact) mass is 247 g/mol. The van der Waals surface area contributed by atoms with Crippen LogP contribution in [0, 0.1) is 5.92 Å². The average Bonchev–Trinajstić information content (AvgIpc) is 2.48. The predicted octanol–water partition coefficient (Wildman–Crippen LogP) is -0.550. The van der Waals surface area contributed by atoms with Gasteiger partial charge in [0, 0.05) is 6.04 Å². The van der Waals surface area contributed by atoms with Crippen molar-refractivity contribution in [2.45, 2.75) is 49.7 Å². The smallest absolute Gasteiger partial charge is 0.145 e. The van der Waals surface area contributed by atoms with E-state index < -0.39 is 39.1 Å². The Kier molecular flexibility index (Phi) is 2.46. The summed E-state index contributed by atoms with van der Waals surface area (Å²) in [5.41, 5.74) is 4.37. The van der Waals surface area contributed by atoms with Crippen LogP contribution < -0.4 is 5.73 Å². The van der Waals surface area contributed by atoms with E-state index in [1.165, 1.54) is 6.92 Å². The molecule has 0 saturated carbocycles. The molecule has 2 N–H and O–H groups in total. The first kappa shape index (κ1) is 12.0. The first-order valence-electron chi connectivity index (χ1n) is 5.32. The lowest BCUT2D eigenvalue weighted by Crippen LogP contribution is -2.56. The first-order valence-corrected chi connectivity index (χ1v) is 6.57. The highest BCUT2D eigenvalue weighted by atomic mass is 32.2. The molecular weight excluding hydrogens is 230 g/mol. The molecule has 6 heteroatoms. The van der Waals surface area contributed by atoms with Gasteiger partial charge in [-0.1, -0.05) is 0 Å². The van der Waals surface area contributed by atoms with Crippen molar-refractivity contribution in [3.63, 3.8) is 0 Å². The number of nitrogens with two attached hydrogens (primary N) is 1. The van der Waals surface area contributed by atoms with Gasteiger partial charge >= 0.3 is 0 Å². The van der Waals surface area contributed by atoms with Crippen molar-refractivity contribution < 1.29 is 17.9 Å². The number of carbonyl (C=O) groups is 1. The minimum atomic E-state index is -2.60. The average molecular weight is 247 g/mol. The van der Waals surface area contributed by atoms with Crippen molar-refractivity contribution in [2.24, 2.45) is 11.7 Å². The quantitative estimate of drug-likeness (QED) is 0.639. The molecule has 0 aromatic rings. The Morgan fingerprint density at radius 2 is 2.00 bits per heavy atom. The largest absolute Gasteiger partial charge is 0.365 e. The number of fused-ring (bicyclic) bond motifs is 2. The Balaban J connectivity index is 2.49. The second-order valence-electron chi connectivity index (χ2n) is 5.22. The van der Waals surface area contributed by atoms with Crippen LogP contribution in [-0.2, 0) is 20.2 Å². The molecule has 5 atom stereocenters. The molecular formula is C10H17NO4S. The minimum absolute atomic E-state index is 0.0970. The van der Waals surface area contributed by atoms with Crippen LogP contribution in [0.1, 0.15) is 27.2 Å². The van der Waals surface area contributed by atoms with Crippen LogP contribution in [0.2, 0.25) is 0 Å². The van der Waals surface area contributed by atoms with Gasteiger partial charge < -0.3 is 10.5 Å². The number of ether oxygens (including phenoxy) is 1.